The maximum absolute atomic E-state index is 12.2. The number of nitrogens with zero attached hydrogens (tertiary/aromatic N) is 1. The van der Waals surface area contributed by atoms with Gasteiger partial charge in [0.15, 0.2) is 0 Å². The van der Waals surface area contributed by atoms with Crippen LogP contribution in [0.25, 0.3) is 0 Å². The van der Waals surface area contributed by atoms with E-state index in [1.165, 1.54) is 6.42 Å². The molecule has 0 aliphatic heterocycles. The van der Waals surface area contributed by atoms with Crippen LogP contribution in [0.5, 0.6) is 0 Å². The highest BCUT2D eigenvalue weighted by atomic mass is 16.2. The molecule has 0 unspecified atom stereocenters. The summed E-state index contributed by atoms with van der Waals surface area (Å²) in [6.45, 7) is 0.609. The number of hydrogen-bond donors (Lipinski definition) is 1. The Bertz CT molecular complexity index is 519. The van der Waals surface area contributed by atoms with Crippen molar-refractivity contribution in [1.29, 1.82) is 0 Å². The fourth-order valence-corrected chi connectivity index (χ4v) is 3.33. The molecule has 0 aromatic heterocycles. The minimum absolute atomic E-state index is 0.0402. The monoisotopic (exact) mass is 316 g/mol. The lowest BCUT2D eigenvalue weighted by Gasteiger charge is -2.37. The van der Waals surface area contributed by atoms with E-state index in [4.69, 9.17) is 0 Å². The smallest absolute Gasteiger partial charge is 0.224 e. The maximum atomic E-state index is 12.2. The Balaban J connectivity index is 1.92. The molecule has 1 fully saturated rings. The highest BCUT2D eigenvalue weighted by molar-refractivity contribution is 5.79. The van der Waals surface area contributed by atoms with Crippen molar-refractivity contribution in [3.8, 4) is 0 Å². The molecule has 0 spiro atoms. The Hall–Kier alpha value is -1.84. The highest BCUT2D eigenvalue weighted by Crippen LogP contribution is 2.39. The zero-order chi connectivity index (χ0) is 16.7. The van der Waals surface area contributed by atoms with Gasteiger partial charge in [-0.3, -0.25) is 9.59 Å². The van der Waals surface area contributed by atoms with E-state index < -0.39 is 0 Å². The van der Waals surface area contributed by atoms with Crippen LogP contribution in [0.1, 0.15) is 44.1 Å². The van der Waals surface area contributed by atoms with Gasteiger partial charge in [-0.2, -0.15) is 0 Å². The van der Waals surface area contributed by atoms with E-state index in [9.17, 15) is 9.59 Å². The van der Waals surface area contributed by atoms with Gasteiger partial charge in [-0.25, -0.2) is 0 Å². The molecule has 2 rings (SSSR count). The van der Waals surface area contributed by atoms with Crippen molar-refractivity contribution >= 4 is 11.8 Å². The number of amides is 2. The molecule has 0 radical (unpaired) electrons. The Morgan fingerprint density at radius 2 is 1.74 bits per heavy atom. The molecule has 1 N–H and O–H groups in total. The fourth-order valence-electron chi connectivity index (χ4n) is 3.33. The van der Waals surface area contributed by atoms with Crippen molar-refractivity contribution in [2.45, 2.75) is 44.9 Å². The van der Waals surface area contributed by atoms with E-state index in [0.717, 1.165) is 31.2 Å². The minimum Gasteiger partial charge on any atom is -0.355 e. The number of rotatable bonds is 6. The zero-order valence-electron chi connectivity index (χ0n) is 14.3. The van der Waals surface area contributed by atoms with Gasteiger partial charge in [-0.15, -0.1) is 0 Å². The maximum Gasteiger partial charge on any atom is 0.224 e. The van der Waals surface area contributed by atoms with E-state index in [2.05, 4.69) is 5.32 Å². The van der Waals surface area contributed by atoms with Crippen LogP contribution in [0.4, 0.5) is 0 Å². The third-order valence-corrected chi connectivity index (χ3v) is 4.81. The van der Waals surface area contributed by atoms with Gasteiger partial charge in [0, 0.05) is 27.1 Å². The van der Waals surface area contributed by atoms with Gasteiger partial charge >= 0.3 is 0 Å². The molecule has 0 heterocycles. The predicted octanol–water partition coefficient (Wildman–Crippen LogP) is 2.77. The lowest BCUT2D eigenvalue weighted by atomic mass is 9.71. The summed E-state index contributed by atoms with van der Waals surface area (Å²) in [6.07, 6.45) is 6.51. The average Bonchev–Trinajstić information content (AvgIpc) is 2.55. The summed E-state index contributed by atoms with van der Waals surface area (Å²) in [5.41, 5.74) is 0.957. The summed E-state index contributed by atoms with van der Waals surface area (Å²) in [5, 5.41) is 3.08. The van der Waals surface area contributed by atoms with Crippen LogP contribution in [0.2, 0.25) is 0 Å². The quantitative estimate of drug-likeness (QED) is 0.877. The molecule has 0 atom stereocenters. The number of benzene rings is 1. The topological polar surface area (TPSA) is 49.4 Å². The van der Waals surface area contributed by atoms with E-state index in [-0.39, 0.29) is 17.2 Å². The van der Waals surface area contributed by atoms with Gasteiger partial charge in [-0.1, -0.05) is 49.6 Å². The van der Waals surface area contributed by atoms with Gasteiger partial charge in [-0.05, 0) is 23.8 Å². The van der Waals surface area contributed by atoms with Crippen molar-refractivity contribution in [2.75, 3.05) is 20.6 Å². The second-order valence-electron chi connectivity index (χ2n) is 6.96. The molecular weight excluding hydrogens is 288 g/mol. The van der Waals surface area contributed by atoms with Crippen molar-refractivity contribution in [1.82, 2.24) is 10.2 Å². The SMILES string of the molecule is CN(C)C(=O)CC1(CNC(=O)Cc2ccccc2)CCCCC1. The van der Waals surface area contributed by atoms with Crippen molar-refractivity contribution < 1.29 is 9.59 Å². The summed E-state index contributed by atoms with van der Waals surface area (Å²) in [6, 6.07) is 9.77. The van der Waals surface area contributed by atoms with E-state index >= 15 is 0 Å². The van der Waals surface area contributed by atoms with Gasteiger partial charge in [0.2, 0.25) is 11.8 Å². The second kappa shape index (κ2) is 8.14. The molecule has 4 nitrogen and oxygen atoms in total. The standard InChI is InChI=1S/C19H28N2O2/c1-21(2)18(23)14-19(11-7-4-8-12-19)15-20-17(22)13-16-9-5-3-6-10-16/h3,5-6,9-10H,4,7-8,11-15H2,1-2H3,(H,20,22). The summed E-state index contributed by atoms with van der Waals surface area (Å²) < 4.78 is 0. The largest absolute Gasteiger partial charge is 0.355 e. The number of carbonyl (C=O) groups is 2. The van der Waals surface area contributed by atoms with Crippen LogP contribution in [0.15, 0.2) is 30.3 Å². The molecule has 1 aromatic rings. The summed E-state index contributed by atoms with van der Waals surface area (Å²) in [4.78, 5) is 26.0. The number of carbonyl (C=O) groups excluding carboxylic acids is 2. The predicted molar refractivity (Wildman–Crippen MR) is 92.0 cm³/mol. The minimum atomic E-state index is -0.0635. The molecular formula is C19H28N2O2. The van der Waals surface area contributed by atoms with E-state index in [1.54, 1.807) is 19.0 Å². The van der Waals surface area contributed by atoms with Gasteiger partial charge < -0.3 is 10.2 Å². The van der Waals surface area contributed by atoms with Crippen LogP contribution in [-0.2, 0) is 16.0 Å². The zero-order valence-corrected chi connectivity index (χ0v) is 14.3. The van der Waals surface area contributed by atoms with Crippen molar-refractivity contribution in [2.24, 2.45) is 5.41 Å². The molecule has 1 aliphatic rings. The number of hydrogen-bond acceptors (Lipinski definition) is 2. The molecule has 1 aliphatic carbocycles. The molecule has 0 saturated heterocycles. The van der Waals surface area contributed by atoms with E-state index in [1.807, 2.05) is 30.3 Å². The van der Waals surface area contributed by atoms with Gasteiger partial charge in [0.05, 0.1) is 6.42 Å². The van der Waals surface area contributed by atoms with Crippen LogP contribution >= 0.6 is 0 Å². The normalized spacial score (nSPS) is 16.6. The van der Waals surface area contributed by atoms with Crippen LogP contribution < -0.4 is 5.32 Å². The first-order chi connectivity index (χ1) is 11.0. The van der Waals surface area contributed by atoms with Crippen LogP contribution in [-0.4, -0.2) is 37.4 Å². The first kappa shape index (κ1) is 17.5. The Morgan fingerprint density at radius 1 is 1.09 bits per heavy atom. The summed E-state index contributed by atoms with van der Waals surface area (Å²) in [7, 11) is 3.60. The highest BCUT2D eigenvalue weighted by Gasteiger charge is 2.35. The third-order valence-electron chi connectivity index (χ3n) is 4.81. The molecule has 126 valence electrons. The second-order valence-corrected chi connectivity index (χ2v) is 6.96. The summed E-state index contributed by atoms with van der Waals surface area (Å²) in [5.74, 6) is 0.197. The molecule has 23 heavy (non-hydrogen) atoms. The molecule has 2 amide bonds. The Morgan fingerprint density at radius 3 is 2.35 bits per heavy atom. The van der Waals surface area contributed by atoms with E-state index in [0.29, 0.717) is 19.4 Å². The van der Waals surface area contributed by atoms with Crippen molar-refractivity contribution in [3.63, 3.8) is 0 Å². The first-order valence-electron chi connectivity index (χ1n) is 8.52. The number of nitrogens with one attached hydrogen (secondary N) is 1. The Labute approximate surface area is 139 Å². The molecule has 1 aromatic carbocycles. The summed E-state index contributed by atoms with van der Waals surface area (Å²) >= 11 is 0. The molecule has 4 heteroatoms. The third kappa shape index (κ3) is 5.38. The fraction of sp³-hybridized carbons (Fsp3) is 0.579. The van der Waals surface area contributed by atoms with Crippen LogP contribution in [0, 0.1) is 5.41 Å². The average molecular weight is 316 g/mol. The van der Waals surface area contributed by atoms with Crippen LogP contribution in [0.3, 0.4) is 0 Å². The first-order valence-corrected chi connectivity index (χ1v) is 8.52. The lowest BCUT2D eigenvalue weighted by Crippen LogP contribution is -2.42. The lowest BCUT2D eigenvalue weighted by molar-refractivity contribution is -0.132. The molecule has 1 saturated carbocycles. The Kier molecular flexibility index (Phi) is 6.20. The van der Waals surface area contributed by atoms with Crippen molar-refractivity contribution in [3.05, 3.63) is 35.9 Å². The van der Waals surface area contributed by atoms with Gasteiger partial charge in [0.1, 0.15) is 0 Å². The van der Waals surface area contributed by atoms with Gasteiger partial charge in [0.25, 0.3) is 0 Å². The molecule has 0 bridgehead atoms.